The lowest BCUT2D eigenvalue weighted by Gasteiger charge is -2.37. The second kappa shape index (κ2) is 2.95. The molecule has 3 heteroatoms. The highest BCUT2D eigenvalue weighted by Gasteiger charge is 2.44. The van der Waals surface area contributed by atoms with Gasteiger partial charge >= 0.3 is 0 Å². The molecule has 0 aromatic heterocycles. The molecule has 0 saturated carbocycles. The molecule has 0 aromatic carbocycles. The van der Waals surface area contributed by atoms with Crippen molar-refractivity contribution in [2.45, 2.75) is 31.4 Å². The molecule has 2 saturated heterocycles. The molecule has 2 atom stereocenters. The molecule has 0 bridgehead atoms. The number of hydrogen-bond acceptors (Lipinski definition) is 2. The van der Waals surface area contributed by atoms with Crippen molar-refractivity contribution >= 4 is 17.7 Å². The summed E-state index contributed by atoms with van der Waals surface area (Å²) in [5.74, 6) is 1.53. The zero-order valence-electron chi connectivity index (χ0n) is 7.43. The van der Waals surface area contributed by atoms with E-state index in [9.17, 15) is 4.79 Å². The minimum atomic E-state index is 0.254. The third-order valence-corrected chi connectivity index (χ3v) is 4.72. The van der Waals surface area contributed by atoms with Crippen LogP contribution in [0, 0.1) is 5.41 Å². The first-order valence-electron chi connectivity index (χ1n) is 4.61. The SMILES string of the molecule is CC1SCCCC12CNC(=O)C2. The van der Waals surface area contributed by atoms with Crippen LogP contribution >= 0.6 is 11.8 Å². The Morgan fingerprint density at radius 1 is 1.67 bits per heavy atom. The molecule has 68 valence electrons. The molecule has 2 aliphatic heterocycles. The van der Waals surface area contributed by atoms with Crippen LogP contribution < -0.4 is 5.32 Å². The molecule has 2 nitrogen and oxygen atoms in total. The van der Waals surface area contributed by atoms with Gasteiger partial charge in [0, 0.05) is 23.6 Å². The number of thioether (sulfide) groups is 1. The first kappa shape index (κ1) is 8.42. The smallest absolute Gasteiger partial charge is 0.220 e. The summed E-state index contributed by atoms with van der Waals surface area (Å²) in [4.78, 5) is 11.1. The van der Waals surface area contributed by atoms with Gasteiger partial charge in [0.05, 0.1) is 0 Å². The molecule has 2 unspecified atom stereocenters. The quantitative estimate of drug-likeness (QED) is 0.618. The number of carbonyl (C=O) groups is 1. The monoisotopic (exact) mass is 185 g/mol. The van der Waals surface area contributed by atoms with Gasteiger partial charge in [-0.25, -0.2) is 0 Å². The van der Waals surface area contributed by atoms with Crippen molar-refractivity contribution in [1.82, 2.24) is 5.32 Å². The summed E-state index contributed by atoms with van der Waals surface area (Å²) in [7, 11) is 0. The van der Waals surface area contributed by atoms with Crippen molar-refractivity contribution in [3.63, 3.8) is 0 Å². The Balaban J connectivity index is 2.12. The molecule has 2 heterocycles. The summed E-state index contributed by atoms with van der Waals surface area (Å²) < 4.78 is 0. The van der Waals surface area contributed by atoms with E-state index in [0.29, 0.717) is 10.7 Å². The second-order valence-electron chi connectivity index (χ2n) is 3.93. The van der Waals surface area contributed by atoms with Crippen molar-refractivity contribution in [3.05, 3.63) is 0 Å². The van der Waals surface area contributed by atoms with E-state index >= 15 is 0 Å². The van der Waals surface area contributed by atoms with Gasteiger partial charge in [-0.15, -0.1) is 0 Å². The van der Waals surface area contributed by atoms with Crippen LogP contribution in [0.5, 0.6) is 0 Å². The fourth-order valence-corrected chi connectivity index (χ4v) is 3.55. The highest BCUT2D eigenvalue weighted by Crippen LogP contribution is 2.45. The van der Waals surface area contributed by atoms with Gasteiger partial charge in [0.2, 0.25) is 5.91 Å². The van der Waals surface area contributed by atoms with Crippen LogP contribution in [0.4, 0.5) is 0 Å². The zero-order valence-corrected chi connectivity index (χ0v) is 8.25. The average molecular weight is 185 g/mol. The molecule has 1 amide bonds. The van der Waals surface area contributed by atoms with Gasteiger partial charge in [-0.05, 0) is 18.6 Å². The predicted octanol–water partition coefficient (Wildman–Crippen LogP) is 1.41. The minimum Gasteiger partial charge on any atom is -0.355 e. The van der Waals surface area contributed by atoms with Gasteiger partial charge in [0.1, 0.15) is 0 Å². The van der Waals surface area contributed by atoms with Gasteiger partial charge in [0.15, 0.2) is 0 Å². The molecular formula is C9H15NOS. The number of carbonyl (C=O) groups excluding carboxylic acids is 1. The first-order valence-corrected chi connectivity index (χ1v) is 5.66. The van der Waals surface area contributed by atoms with Crippen molar-refractivity contribution in [2.24, 2.45) is 5.41 Å². The maximum absolute atomic E-state index is 11.1. The fraction of sp³-hybridized carbons (Fsp3) is 0.889. The van der Waals surface area contributed by atoms with Gasteiger partial charge in [-0.3, -0.25) is 4.79 Å². The number of hydrogen-bond donors (Lipinski definition) is 1. The van der Waals surface area contributed by atoms with Gasteiger partial charge in [-0.2, -0.15) is 11.8 Å². The van der Waals surface area contributed by atoms with Crippen molar-refractivity contribution in [1.29, 1.82) is 0 Å². The minimum absolute atomic E-state index is 0.254. The molecule has 2 rings (SSSR count). The van der Waals surface area contributed by atoms with Gasteiger partial charge in [0.25, 0.3) is 0 Å². The summed E-state index contributed by atoms with van der Waals surface area (Å²) in [6.45, 7) is 3.18. The van der Waals surface area contributed by atoms with Crippen molar-refractivity contribution in [3.8, 4) is 0 Å². The molecule has 0 aliphatic carbocycles. The summed E-state index contributed by atoms with van der Waals surface area (Å²) >= 11 is 2.02. The zero-order chi connectivity index (χ0) is 8.60. The van der Waals surface area contributed by atoms with Crippen molar-refractivity contribution in [2.75, 3.05) is 12.3 Å². The average Bonchev–Trinajstić information content (AvgIpc) is 2.41. The fourth-order valence-electron chi connectivity index (χ4n) is 2.25. The molecule has 12 heavy (non-hydrogen) atoms. The van der Waals surface area contributed by atoms with E-state index in [-0.39, 0.29) is 5.91 Å². The maximum atomic E-state index is 11.1. The van der Waals surface area contributed by atoms with Gasteiger partial charge in [-0.1, -0.05) is 6.92 Å². The molecule has 2 fully saturated rings. The van der Waals surface area contributed by atoms with E-state index < -0.39 is 0 Å². The Bertz CT molecular complexity index is 207. The van der Waals surface area contributed by atoms with Crippen LogP contribution in [0.1, 0.15) is 26.2 Å². The van der Waals surface area contributed by atoms with E-state index in [2.05, 4.69) is 12.2 Å². The van der Waals surface area contributed by atoms with Crippen LogP contribution in [0.25, 0.3) is 0 Å². The van der Waals surface area contributed by atoms with E-state index in [1.807, 2.05) is 11.8 Å². The van der Waals surface area contributed by atoms with Crippen molar-refractivity contribution < 1.29 is 4.79 Å². The first-order chi connectivity index (χ1) is 5.73. The molecule has 2 aliphatic rings. The summed E-state index contributed by atoms with van der Waals surface area (Å²) in [6.07, 6.45) is 3.28. The van der Waals surface area contributed by atoms with Crippen LogP contribution in [0.2, 0.25) is 0 Å². The summed E-state index contributed by atoms with van der Waals surface area (Å²) in [5.41, 5.74) is 0.306. The Morgan fingerprint density at radius 2 is 2.50 bits per heavy atom. The van der Waals surface area contributed by atoms with Crippen LogP contribution in [0.3, 0.4) is 0 Å². The molecule has 1 spiro atoms. The third-order valence-electron chi connectivity index (χ3n) is 3.20. The lowest BCUT2D eigenvalue weighted by atomic mass is 9.79. The lowest BCUT2D eigenvalue weighted by molar-refractivity contribution is -0.119. The van der Waals surface area contributed by atoms with Crippen LogP contribution in [-0.4, -0.2) is 23.5 Å². The second-order valence-corrected chi connectivity index (χ2v) is 5.38. The number of nitrogens with one attached hydrogen (secondary N) is 1. The highest BCUT2D eigenvalue weighted by atomic mass is 32.2. The van der Waals surface area contributed by atoms with Crippen LogP contribution in [0.15, 0.2) is 0 Å². The van der Waals surface area contributed by atoms with E-state index in [1.165, 1.54) is 18.6 Å². The normalized spacial score (nSPS) is 41.8. The molecule has 1 N–H and O–H groups in total. The molecule has 0 radical (unpaired) electrons. The summed E-state index contributed by atoms with van der Waals surface area (Å²) in [6, 6.07) is 0. The van der Waals surface area contributed by atoms with Crippen LogP contribution in [-0.2, 0) is 4.79 Å². The predicted molar refractivity (Wildman–Crippen MR) is 51.2 cm³/mol. The maximum Gasteiger partial charge on any atom is 0.220 e. The summed E-state index contributed by atoms with van der Waals surface area (Å²) in [5, 5.41) is 3.62. The Morgan fingerprint density at radius 3 is 3.08 bits per heavy atom. The standard InChI is InChI=1S/C9H15NOS/c1-7-9(3-2-4-12-7)5-8(11)10-6-9/h7H,2-6H2,1H3,(H,10,11). The lowest BCUT2D eigenvalue weighted by Crippen LogP contribution is -2.36. The van der Waals surface area contributed by atoms with E-state index in [0.717, 1.165) is 13.0 Å². The Labute approximate surface area is 77.5 Å². The Kier molecular flexibility index (Phi) is 2.07. The highest BCUT2D eigenvalue weighted by molar-refractivity contribution is 7.99. The Hall–Kier alpha value is -0.180. The van der Waals surface area contributed by atoms with Gasteiger partial charge < -0.3 is 5.32 Å². The third kappa shape index (κ3) is 1.24. The topological polar surface area (TPSA) is 29.1 Å². The largest absolute Gasteiger partial charge is 0.355 e. The number of amides is 1. The van der Waals surface area contributed by atoms with E-state index in [1.54, 1.807) is 0 Å². The number of rotatable bonds is 0. The molecular weight excluding hydrogens is 170 g/mol. The van der Waals surface area contributed by atoms with E-state index in [4.69, 9.17) is 0 Å². The molecule has 0 aromatic rings.